The van der Waals surface area contributed by atoms with Crippen molar-refractivity contribution >= 4 is 17.7 Å². The van der Waals surface area contributed by atoms with Crippen LogP contribution in [0.15, 0.2) is 82.7 Å². The molecule has 1 heterocycles. The molecule has 0 saturated carbocycles. The molecule has 1 atom stereocenters. The van der Waals surface area contributed by atoms with E-state index in [1.807, 2.05) is 24.3 Å². The van der Waals surface area contributed by atoms with Crippen LogP contribution >= 0.6 is 11.8 Å². The summed E-state index contributed by atoms with van der Waals surface area (Å²) in [4.78, 5) is 35.1. The Morgan fingerprint density at radius 2 is 1.45 bits per heavy atom. The monoisotopic (exact) mass is 669 g/mol. The molecule has 4 aromatic rings. The maximum atomic E-state index is 14.2. The Balaban J connectivity index is 1.59. The minimum absolute atomic E-state index is 0.201. The summed E-state index contributed by atoms with van der Waals surface area (Å²) in [6.45, 7) is 10.7. The van der Waals surface area contributed by atoms with Crippen molar-refractivity contribution in [2.45, 2.75) is 63.8 Å². The zero-order chi connectivity index (χ0) is 34.1. The van der Waals surface area contributed by atoms with Gasteiger partial charge in [0.2, 0.25) is 5.91 Å². The number of amides is 1. The summed E-state index contributed by atoms with van der Waals surface area (Å²) in [6, 6.07) is 17.7. The fourth-order valence-electron chi connectivity index (χ4n) is 5.03. The topological polar surface area (TPSA) is 71.3 Å². The summed E-state index contributed by atoms with van der Waals surface area (Å²) in [5, 5.41) is 4.85. The molecule has 0 fully saturated rings. The summed E-state index contributed by atoms with van der Waals surface area (Å²) < 4.78 is 54.0. The number of hydrogen-bond acceptors (Lipinski definition) is 6. The summed E-state index contributed by atoms with van der Waals surface area (Å²) in [5.41, 5.74) is 2.20. The minimum Gasteiger partial charge on any atom is -0.335 e. The van der Waals surface area contributed by atoms with Crippen LogP contribution in [0.2, 0.25) is 0 Å². The van der Waals surface area contributed by atoms with Crippen LogP contribution in [0.1, 0.15) is 56.1 Å². The number of carbonyl (C=O) groups excluding carboxylic acids is 1. The van der Waals surface area contributed by atoms with Crippen LogP contribution in [0.5, 0.6) is 0 Å². The van der Waals surface area contributed by atoms with E-state index < -0.39 is 23.3 Å². The lowest BCUT2D eigenvalue weighted by atomic mass is 10.0. The largest absolute Gasteiger partial charge is 0.416 e. The van der Waals surface area contributed by atoms with E-state index in [1.165, 1.54) is 40.7 Å². The van der Waals surface area contributed by atoms with Gasteiger partial charge in [0.1, 0.15) is 17.6 Å². The predicted molar refractivity (Wildman–Crippen MR) is 176 cm³/mol. The second-order valence-electron chi connectivity index (χ2n) is 11.1. The number of aryl methyl sites for hydroxylation is 1. The Labute approximate surface area is 276 Å². The number of aromatic nitrogens is 3. The maximum Gasteiger partial charge on any atom is 0.416 e. The van der Waals surface area contributed by atoms with Crippen LogP contribution in [0, 0.1) is 5.82 Å². The van der Waals surface area contributed by atoms with Gasteiger partial charge in [0.25, 0.3) is 5.56 Å². The maximum absolute atomic E-state index is 14.2. The highest BCUT2D eigenvalue weighted by atomic mass is 32.2. The molecule has 0 aliphatic heterocycles. The zero-order valence-electron chi connectivity index (χ0n) is 26.9. The molecule has 1 aromatic heterocycles. The number of halogens is 4. The van der Waals surface area contributed by atoms with Gasteiger partial charge in [-0.25, -0.2) is 9.07 Å². The highest BCUT2D eigenvalue weighted by Gasteiger charge is 2.30. The minimum atomic E-state index is -4.40. The number of hydrogen-bond donors (Lipinski definition) is 0. The molecular weight excluding hydrogens is 630 g/mol. The molecule has 1 amide bonds. The van der Waals surface area contributed by atoms with Gasteiger partial charge in [-0.1, -0.05) is 81.1 Å². The quantitative estimate of drug-likeness (QED) is 0.104. The molecule has 0 aliphatic rings. The number of nitrogens with zero attached hydrogens (tertiary/aromatic N) is 5. The van der Waals surface area contributed by atoms with E-state index in [9.17, 15) is 27.2 Å². The lowest BCUT2D eigenvalue weighted by Gasteiger charge is -2.30. The van der Waals surface area contributed by atoms with E-state index in [0.29, 0.717) is 42.5 Å². The van der Waals surface area contributed by atoms with Gasteiger partial charge in [-0.15, -0.1) is 0 Å². The van der Waals surface area contributed by atoms with Crippen molar-refractivity contribution in [1.29, 1.82) is 0 Å². The van der Waals surface area contributed by atoms with Crippen molar-refractivity contribution < 1.29 is 22.4 Å². The normalized spacial score (nSPS) is 12.4. The molecule has 250 valence electrons. The van der Waals surface area contributed by atoms with Gasteiger partial charge in [0, 0.05) is 25.4 Å². The molecule has 0 bridgehead atoms. The van der Waals surface area contributed by atoms with E-state index >= 15 is 0 Å². The van der Waals surface area contributed by atoms with Crippen molar-refractivity contribution in [2.75, 3.05) is 26.2 Å². The second-order valence-corrected chi connectivity index (χ2v) is 12.0. The third kappa shape index (κ3) is 9.51. The number of thioether (sulfide) groups is 1. The van der Waals surface area contributed by atoms with Gasteiger partial charge in [0.15, 0.2) is 5.16 Å². The molecular formula is C35H39F4N5O2S. The number of carbonyl (C=O) groups is 1. The SMILES string of the molecule is CCc1nn(C(C)C(=O)N(CCN(CC)CC)Cc2ccc(-c3ccc(C(F)(F)F)cc3)cc2)c(SCc2ccc(F)cc2)nc1=O. The number of rotatable bonds is 14. The average Bonchev–Trinajstić information content (AvgIpc) is 3.07. The molecule has 0 spiro atoms. The molecule has 47 heavy (non-hydrogen) atoms. The summed E-state index contributed by atoms with van der Waals surface area (Å²) in [5.74, 6) is -0.147. The Hall–Kier alpha value is -4.03. The van der Waals surface area contributed by atoms with Crippen molar-refractivity contribution in [3.05, 3.63) is 111 Å². The Morgan fingerprint density at radius 1 is 0.872 bits per heavy atom. The number of likely N-dealkylation sites (N-methyl/N-ethyl adjacent to an activating group) is 1. The van der Waals surface area contributed by atoms with Gasteiger partial charge in [-0.05, 0) is 73.0 Å². The number of alkyl halides is 3. The first kappa shape index (κ1) is 35.8. The van der Waals surface area contributed by atoms with Gasteiger partial charge in [0.05, 0.1) is 5.56 Å². The summed E-state index contributed by atoms with van der Waals surface area (Å²) >= 11 is 1.25. The van der Waals surface area contributed by atoms with E-state index in [1.54, 1.807) is 30.9 Å². The molecule has 0 N–H and O–H groups in total. The van der Waals surface area contributed by atoms with Crippen LogP contribution in [0.3, 0.4) is 0 Å². The van der Waals surface area contributed by atoms with Crippen molar-refractivity contribution in [2.24, 2.45) is 0 Å². The van der Waals surface area contributed by atoms with E-state index in [4.69, 9.17) is 0 Å². The van der Waals surface area contributed by atoms with Gasteiger partial charge < -0.3 is 9.80 Å². The van der Waals surface area contributed by atoms with Crippen LogP contribution in [-0.2, 0) is 29.7 Å². The summed E-state index contributed by atoms with van der Waals surface area (Å²) in [7, 11) is 0. The van der Waals surface area contributed by atoms with Gasteiger partial charge in [-0.2, -0.15) is 23.3 Å². The van der Waals surface area contributed by atoms with Crippen LogP contribution in [0.4, 0.5) is 17.6 Å². The standard InChI is InChI=1S/C35H39F4N5O2S/c1-5-31-32(45)40-34(47-23-26-10-18-30(36)19-11-26)44(41-31)24(4)33(46)43(21-20-42(6-2)7-3)22-25-8-12-27(13-9-25)28-14-16-29(17-15-28)35(37,38)39/h8-19,24H,5-7,20-23H2,1-4H3. The number of benzene rings is 3. The predicted octanol–water partition coefficient (Wildman–Crippen LogP) is 7.25. The molecule has 0 saturated heterocycles. The van der Waals surface area contributed by atoms with E-state index in [2.05, 4.69) is 28.8 Å². The first-order valence-corrected chi connectivity index (χ1v) is 16.6. The Kier molecular flexibility index (Phi) is 12.3. The van der Waals surface area contributed by atoms with Crippen molar-refractivity contribution in [3.63, 3.8) is 0 Å². The van der Waals surface area contributed by atoms with Crippen LogP contribution in [0.25, 0.3) is 11.1 Å². The van der Waals surface area contributed by atoms with Gasteiger partial charge >= 0.3 is 6.18 Å². The first-order chi connectivity index (χ1) is 22.4. The lowest BCUT2D eigenvalue weighted by Crippen LogP contribution is -2.42. The lowest BCUT2D eigenvalue weighted by molar-refractivity contribution is -0.137. The molecule has 4 rings (SSSR count). The Bertz CT molecular complexity index is 1670. The molecule has 7 nitrogen and oxygen atoms in total. The Morgan fingerprint density at radius 3 is 2.00 bits per heavy atom. The smallest absolute Gasteiger partial charge is 0.335 e. The molecule has 1 unspecified atom stereocenters. The second kappa shape index (κ2) is 16.2. The molecule has 0 radical (unpaired) electrons. The van der Waals surface area contributed by atoms with Crippen molar-refractivity contribution in [1.82, 2.24) is 24.6 Å². The molecule has 3 aromatic carbocycles. The third-order valence-corrected chi connectivity index (χ3v) is 8.99. The fraction of sp³-hybridized carbons (Fsp3) is 0.371. The zero-order valence-corrected chi connectivity index (χ0v) is 27.7. The van der Waals surface area contributed by atoms with E-state index in [0.717, 1.165) is 41.9 Å². The van der Waals surface area contributed by atoms with E-state index in [-0.39, 0.29) is 17.4 Å². The summed E-state index contributed by atoms with van der Waals surface area (Å²) in [6.07, 6.45) is -4.05. The fourth-order valence-corrected chi connectivity index (χ4v) is 6.00. The molecule has 0 aliphatic carbocycles. The molecule has 12 heteroatoms. The highest BCUT2D eigenvalue weighted by molar-refractivity contribution is 7.98. The van der Waals surface area contributed by atoms with Crippen LogP contribution < -0.4 is 5.56 Å². The average molecular weight is 670 g/mol. The third-order valence-electron chi connectivity index (χ3n) is 7.97. The highest BCUT2D eigenvalue weighted by Crippen LogP contribution is 2.31. The first-order valence-electron chi connectivity index (χ1n) is 15.6. The van der Waals surface area contributed by atoms with Crippen molar-refractivity contribution in [3.8, 4) is 11.1 Å². The van der Waals surface area contributed by atoms with Gasteiger partial charge in [-0.3, -0.25) is 9.59 Å². The van der Waals surface area contributed by atoms with Crippen LogP contribution in [-0.4, -0.2) is 56.7 Å².